The standard InChI is InChI=1S/C29H38ClNO5/c1-8-36-27-18(30)11-17(12-23(27)35-7)24-25-19(13-28(2,3)15-21(25)32)31(9-10-34-6)20-14-29(4,5)16-22(33)26(20)24/h11-12,24H,8-10,13-16H2,1-7H3. The molecule has 1 aromatic rings. The molecule has 0 N–H and O–H groups in total. The normalized spacial score (nSPS) is 21.5. The second-order valence-corrected chi connectivity index (χ2v) is 12.1. The van der Waals surface area contributed by atoms with Gasteiger partial charge in [0.05, 0.1) is 25.3 Å². The molecule has 196 valence electrons. The molecule has 1 aliphatic heterocycles. The van der Waals surface area contributed by atoms with E-state index in [-0.39, 0.29) is 22.4 Å². The van der Waals surface area contributed by atoms with Gasteiger partial charge in [0, 0.05) is 55.0 Å². The number of ketones is 2. The molecule has 1 aromatic carbocycles. The highest BCUT2D eigenvalue weighted by atomic mass is 35.5. The van der Waals surface area contributed by atoms with Crippen molar-refractivity contribution >= 4 is 23.2 Å². The number of nitrogens with zero attached hydrogens (tertiary/aromatic N) is 1. The molecule has 0 fully saturated rings. The van der Waals surface area contributed by atoms with Gasteiger partial charge in [-0.2, -0.15) is 0 Å². The Labute approximate surface area is 219 Å². The molecular formula is C29H38ClNO5. The maximum Gasteiger partial charge on any atom is 0.179 e. The van der Waals surface area contributed by atoms with E-state index < -0.39 is 5.92 Å². The summed E-state index contributed by atoms with van der Waals surface area (Å²) in [6.07, 6.45) is 2.37. The summed E-state index contributed by atoms with van der Waals surface area (Å²) in [5.41, 5.74) is 3.86. The molecule has 7 heteroatoms. The minimum atomic E-state index is -0.483. The van der Waals surface area contributed by atoms with Crippen LogP contribution in [0.1, 0.15) is 71.8 Å². The van der Waals surface area contributed by atoms with Crippen LogP contribution in [-0.2, 0) is 14.3 Å². The van der Waals surface area contributed by atoms with Gasteiger partial charge in [0.15, 0.2) is 23.1 Å². The highest BCUT2D eigenvalue weighted by Gasteiger charge is 2.49. The molecule has 3 aliphatic rings. The molecule has 2 aliphatic carbocycles. The number of rotatable bonds is 7. The number of ether oxygens (including phenoxy) is 3. The van der Waals surface area contributed by atoms with E-state index >= 15 is 0 Å². The first-order chi connectivity index (χ1) is 16.9. The molecule has 1 heterocycles. The number of carbonyl (C=O) groups is 2. The fraction of sp³-hybridized carbons (Fsp3) is 0.586. The van der Waals surface area contributed by atoms with Crippen LogP contribution < -0.4 is 9.47 Å². The Morgan fingerprint density at radius 2 is 1.50 bits per heavy atom. The second-order valence-electron chi connectivity index (χ2n) is 11.6. The van der Waals surface area contributed by atoms with E-state index in [1.165, 1.54) is 0 Å². The maximum absolute atomic E-state index is 13.8. The largest absolute Gasteiger partial charge is 0.493 e. The zero-order valence-corrected chi connectivity index (χ0v) is 23.3. The number of carbonyl (C=O) groups excluding carboxylic acids is 2. The number of Topliss-reactive ketones (excluding diaryl/α,β-unsaturated/α-hetero) is 2. The van der Waals surface area contributed by atoms with Crippen LogP contribution in [0.4, 0.5) is 0 Å². The zero-order valence-electron chi connectivity index (χ0n) is 22.5. The monoisotopic (exact) mass is 515 g/mol. The number of allylic oxidation sites excluding steroid dienone is 4. The Bertz CT molecular complexity index is 1090. The van der Waals surface area contributed by atoms with E-state index in [0.29, 0.717) is 60.3 Å². The third-order valence-electron chi connectivity index (χ3n) is 7.41. The Kier molecular flexibility index (Phi) is 7.33. The van der Waals surface area contributed by atoms with E-state index in [9.17, 15) is 9.59 Å². The molecular weight excluding hydrogens is 478 g/mol. The van der Waals surface area contributed by atoms with Gasteiger partial charge >= 0.3 is 0 Å². The van der Waals surface area contributed by atoms with Crippen molar-refractivity contribution in [1.82, 2.24) is 4.90 Å². The summed E-state index contributed by atoms with van der Waals surface area (Å²) in [5.74, 6) is 0.655. The van der Waals surface area contributed by atoms with Gasteiger partial charge in [-0.05, 0) is 48.3 Å². The number of benzene rings is 1. The fourth-order valence-corrected chi connectivity index (χ4v) is 6.30. The van der Waals surface area contributed by atoms with Crippen LogP contribution in [0.5, 0.6) is 11.5 Å². The van der Waals surface area contributed by atoms with Crippen LogP contribution >= 0.6 is 11.6 Å². The Morgan fingerprint density at radius 1 is 0.944 bits per heavy atom. The van der Waals surface area contributed by atoms with Crippen molar-refractivity contribution in [2.24, 2.45) is 10.8 Å². The third kappa shape index (κ3) is 4.82. The van der Waals surface area contributed by atoms with Crippen LogP contribution in [0.2, 0.25) is 5.02 Å². The van der Waals surface area contributed by atoms with Crippen molar-refractivity contribution in [2.75, 3.05) is 34.0 Å². The molecule has 0 aromatic heterocycles. The zero-order chi connectivity index (χ0) is 26.4. The van der Waals surface area contributed by atoms with Crippen molar-refractivity contribution < 1.29 is 23.8 Å². The van der Waals surface area contributed by atoms with Crippen LogP contribution in [0.25, 0.3) is 0 Å². The molecule has 0 radical (unpaired) electrons. The Hall–Kier alpha value is -2.31. The summed E-state index contributed by atoms with van der Waals surface area (Å²) in [6, 6.07) is 3.71. The average Bonchev–Trinajstić information content (AvgIpc) is 2.77. The Balaban J connectivity index is 2.00. The molecule has 6 nitrogen and oxygen atoms in total. The van der Waals surface area contributed by atoms with Gasteiger partial charge in [-0.1, -0.05) is 39.3 Å². The average molecular weight is 516 g/mol. The minimum absolute atomic E-state index is 0.0850. The molecule has 0 bridgehead atoms. The molecule has 4 rings (SSSR count). The maximum atomic E-state index is 13.8. The molecule has 0 saturated heterocycles. The van der Waals surface area contributed by atoms with Gasteiger partial charge in [-0.25, -0.2) is 0 Å². The summed E-state index contributed by atoms with van der Waals surface area (Å²) in [4.78, 5) is 29.9. The molecule has 0 atom stereocenters. The minimum Gasteiger partial charge on any atom is -0.493 e. The van der Waals surface area contributed by atoms with Gasteiger partial charge in [0.2, 0.25) is 0 Å². The van der Waals surface area contributed by atoms with Gasteiger partial charge in [0.1, 0.15) is 0 Å². The third-order valence-corrected chi connectivity index (χ3v) is 7.70. The lowest BCUT2D eigenvalue weighted by molar-refractivity contribution is -0.119. The lowest BCUT2D eigenvalue weighted by Gasteiger charge is -2.49. The van der Waals surface area contributed by atoms with Gasteiger partial charge in [-0.3, -0.25) is 9.59 Å². The van der Waals surface area contributed by atoms with E-state index in [0.717, 1.165) is 29.8 Å². The highest BCUT2D eigenvalue weighted by molar-refractivity contribution is 6.32. The smallest absolute Gasteiger partial charge is 0.179 e. The van der Waals surface area contributed by atoms with E-state index in [2.05, 4.69) is 32.6 Å². The van der Waals surface area contributed by atoms with E-state index in [1.807, 2.05) is 19.1 Å². The predicted molar refractivity (Wildman–Crippen MR) is 141 cm³/mol. The molecule has 0 amide bonds. The van der Waals surface area contributed by atoms with Gasteiger partial charge < -0.3 is 19.1 Å². The first-order valence-corrected chi connectivity index (χ1v) is 13.1. The first-order valence-electron chi connectivity index (χ1n) is 12.7. The van der Waals surface area contributed by atoms with Gasteiger partial charge in [-0.15, -0.1) is 0 Å². The molecule has 36 heavy (non-hydrogen) atoms. The van der Waals surface area contributed by atoms with E-state index in [4.69, 9.17) is 25.8 Å². The molecule has 0 unspecified atom stereocenters. The number of hydrogen-bond donors (Lipinski definition) is 0. The number of halogens is 1. The number of hydrogen-bond acceptors (Lipinski definition) is 6. The first kappa shape index (κ1) is 26.7. The summed E-state index contributed by atoms with van der Waals surface area (Å²) in [7, 11) is 3.25. The molecule has 0 saturated carbocycles. The summed E-state index contributed by atoms with van der Waals surface area (Å²) >= 11 is 6.69. The lowest BCUT2D eigenvalue weighted by atomic mass is 9.63. The van der Waals surface area contributed by atoms with Crippen molar-refractivity contribution in [3.8, 4) is 11.5 Å². The van der Waals surface area contributed by atoms with Crippen LogP contribution in [0.3, 0.4) is 0 Å². The van der Waals surface area contributed by atoms with Crippen LogP contribution in [0.15, 0.2) is 34.7 Å². The van der Waals surface area contributed by atoms with Crippen molar-refractivity contribution in [1.29, 1.82) is 0 Å². The lowest BCUT2D eigenvalue weighted by Crippen LogP contribution is -2.45. The van der Waals surface area contributed by atoms with Crippen molar-refractivity contribution in [3.63, 3.8) is 0 Å². The summed E-state index contributed by atoms with van der Waals surface area (Å²) in [5, 5.41) is 0.407. The highest BCUT2D eigenvalue weighted by Crippen LogP contribution is 2.55. The fourth-order valence-electron chi connectivity index (χ4n) is 6.02. The van der Waals surface area contributed by atoms with E-state index in [1.54, 1.807) is 14.2 Å². The SMILES string of the molecule is CCOc1c(Cl)cc(C2C3=C(CC(C)(C)CC3=O)N(CCOC)C3=C2C(=O)CC(C)(C)C3)cc1OC. The van der Waals surface area contributed by atoms with Crippen LogP contribution in [0, 0.1) is 10.8 Å². The second kappa shape index (κ2) is 9.86. The summed E-state index contributed by atoms with van der Waals surface area (Å²) < 4.78 is 16.8. The molecule has 0 spiro atoms. The van der Waals surface area contributed by atoms with Gasteiger partial charge in [0.25, 0.3) is 0 Å². The number of methoxy groups -OCH3 is 2. The van der Waals surface area contributed by atoms with Crippen LogP contribution in [-0.4, -0.2) is 50.4 Å². The topological polar surface area (TPSA) is 65.1 Å². The van der Waals surface area contributed by atoms with Crippen molar-refractivity contribution in [2.45, 2.75) is 66.2 Å². The Morgan fingerprint density at radius 3 is 1.97 bits per heavy atom. The summed E-state index contributed by atoms with van der Waals surface area (Å²) in [6.45, 7) is 12.0. The van der Waals surface area contributed by atoms with Crippen molar-refractivity contribution in [3.05, 3.63) is 45.3 Å². The quantitative estimate of drug-likeness (QED) is 0.438. The predicted octanol–water partition coefficient (Wildman–Crippen LogP) is 6.08.